The van der Waals surface area contributed by atoms with E-state index in [1.807, 2.05) is 6.07 Å². The van der Waals surface area contributed by atoms with Crippen LogP contribution in [0.2, 0.25) is 0 Å². The zero-order valence-electron chi connectivity index (χ0n) is 16.7. The van der Waals surface area contributed by atoms with Crippen LogP contribution >= 0.6 is 0 Å². The summed E-state index contributed by atoms with van der Waals surface area (Å²) >= 11 is 0. The van der Waals surface area contributed by atoms with Gasteiger partial charge in [-0.25, -0.2) is 0 Å². The van der Waals surface area contributed by atoms with Gasteiger partial charge in [0.2, 0.25) is 11.8 Å². The molecule has 2 aromatic rings. The first kappa shape index (κ1) is 21.7. The summed E-state index contributed by atoms with van der Waals surface area (Å²) in [5.74, 6) is 0.335. The highest BCUT2D eigenvalue weighted by molar-refractivity contribution is 5.94. The van der Waals surface area contributed by atoms with E-state index in [1.165, 1.54) is 25.9 Å². The molecule has 0 aliphatic rings. The van der Waals surface area contributed by atoms with Crippen LogP contribution < -0.4 is 25.0 Å². The summed E-state index contributed by atoms with van der Waals surface area (Å²) in [7, 11) is 1.53. The van der Waals surface area contributed by atoms with E-state index >= 15 is 0 Å². The minimum absolute atomic E-state index is 0.168. The SMILES string of the molecule is COc1ccccc1OCC(=O)NCCN(C(C)=O)c1cccc(NC(C)=O)c1. The Balaban J connectivity index is 1.88. The molecule has 3 amide bonds. The third-order valence-corrected chi connectivity index (χ3v) is 3.94. The average Bonchev–Trinajstić information content (AvgIpc) is 2.69. The van der Waals surface area contributed by atoms with Crippen molar-refractivity contribution < 1.29 is 23.9 Å². The molecule has 0 atom stereocenters. The quantitative estimate of drug-likeness (QED) is 0.674. The van der Waals surface area contributed by atoms with Crippen LogP contribution in [0.4, 0.5) is 11.4 Å². The van der Waals surface area contributed by atoms with E-state index in [0.717, 1.165) is 0 Å². The minimum atomic E-state index is -0.314. The molecule has 8 nitrogen and oxygen atoms in total. The molecule has 0 aliphatic carbocycles. The molecule has 0 radical (unpaired) electrons. The van der Waals surface area contributed by atoms with Crippen LogP contribution in [0.3, 0.4) is 0 Å². The summed E-state index contributed by atoms with van der Waals surface area (Å²) < 4.78 is 10.6. The number of anilines is 2. The number of ether oxygens (including phenoxy) is 2. The van der Waals surface area contributed by atoms with Crippen LogP contribution in [-0.2, 0) is 14.4 Å². The van der Waals surface area contributed by atoms with Crippen molar-refractivity contribution in [1.82, 2.24) is 5.32 Å². The fraction of sp³-hybridized carbons (Fsp3) is 0.286. The van der Waals surface area contributed by atoms with Crippen molar-refractivity contribution in [2.45, 2.75) is 13.8 Å². The summed E-state index contributed by atoms with van der Waals surface area (Å²) in [6.45, 7) is 3.21. The minimum Gasteiger partial charge on any atom is -0.493 e. The molecule has 0 aliphatic heterocycles. The van der Waals surface area contributed by atoms with Gasteiger partial charge in [0.1, 0.15) is 0 Å². The highest BCUT2D eigenvalue weighted by atomic mass is 16.5. The third-order valence-electron chi connectivity index (χ3n) is 3.94. The van der Waals surface area contributed by atoms with Crippen molar-refractivity contribution in [3.63, 3.8) is 0 Å². The van der Waals surface area contributed by atoms with E-state index in [-0.39, 0.29) is 37.4 Å². The van der Waals surface area contributed by atoms with E-state index in [0.29, 0.717) is 22.9 Å². The molecule has 0 spiro atoms. The van der Waals surface area contributed by atoms with Crippen molar-refractivity contribution >= 4 is 29.1 Å². The number of para-hydroxylation sites is 2. The maximum Gasteiger partial charge on any atom is 0.258 e. The lowest BCUT2D eigenvalue weighted by atomic mass is 10.2. The van der Waals surface area contributed by atoms with Crippen molar-refractivity contribution in [1.29, 1.82) is 0 Å². The Hall–Kier alpha value is -3.55. The Morgan fingerprint density at radius 2 is 1.72 bits per heavy atom. The normalized spacial score (nSPS) is 10.0. The van der Waals surface area contributed by atoms with E-state index in [2.05, 4.69) is 10.6 Å². The molecular formula is C21H25N3O5. The Morgan fingerprint density at radius 3 is 2.38 bits per heavy atom. The number of nitrogens with zero attached hydrogens (tertiary/aromatic N) is 1. The van der Waals surface area contributed by atoms with Crippen molar-refractivity contribution in [2.24, 2.45) is 0 Å². The number of amides is 3. The first-order valence-corrected chi connectivity index (χ1v) is 9.09. The third kappa shape index (κ3) is 6.84. The highest BCUT2D eigenvalue weighted by Gasteiger charge is 2.13. The zero-order valence-corrected chi connectivity index (χ0v) is 16.7. The molecule has 2 rings (SSSR count). The molecule has 0 aromatic heterocycles. The molecule has 0 saturated heterocycles. The molecule has 2 N–H and O–H groups in total. The second kappa shape index (κ2) is 10.7. The van der Waals surface area contributed by atoms with Crippen LogP contribution in [0.1, 0.15) is 13.8 Å². The largest absolute Gasteiger partial charge is 0.493 e. The standard InChI is InChI=1S/C21H25N3O5/c1-15(25)23-17-7-6-8-18(13-17)24(16(2)26)12-11-22-21(27)14-29-20-10-5-4-9-19(20)28-3/h4-10,13H,11-12,14H2,1-3H3,(H,22,27)(H,23,25). The van der Waals surface area contributed by atoms with Gasteiger partial charge in [-0.3, -0.25) is 14.4 Å². The number of methoxy groups -OCH3 is 1. The fourth-order valence-corrected chi connectivity index (χ4v) is 2.66. The number of nitrogens with one attached hydrogen (secondary N) is 2. The number of benzene rings is 2. The van der Waals surface area contributed by atoms with Gasteiger partial charge < -0.3 is 25.0 Å². The van der Waals surface area contributed by atoms with Gasteiger partial charge in [-0.15, -0.1) is 0 Å². The molecule has 0 bridgehead atoms. The summed E-state index contributed by atoms with van der Waals surface area (Å²) in [5, 5.41) is 5.41. The second-order valence-electron chi connectivity index (χ2n) is 6.19. The Bertz CT molecular complexity index is 869. The van der Waals surface area contributed by atoms with Crippen LogP contribution in [0.5, 0.6) is 11.5 Å². The molecule has 0 fully saturated rings. The van der Waals surface area contributed by atoms with Gasteiger partial charge >= 0.3 is 0 Å². The number of hydrogen-bond donors (Lipinski definition) is 2. The lowest BCUT2D eigenvalue weighted by molar-refractivity contribution is -0.123. The van der Waals surface area contributed by atoms with Crippen LogP contribution in [0.15, 0.2) is 48.5 Å². The van der Waals surface area contributed by atoms with E-state index in [9.17, 15) is 14.4 Å². The Morgan fingerprint density at radius 1 is 1.00 bits per heavy atom. The van der Waals surface area contributed by atoms with Gasteiger partial charge in [-0.2, -0.15) is 0 Å². The van der Waals surface area contributed by atoms with Gasteiger partial charge in [0.15, 0.2) is 18.1 Å². The van der Waals surface area contributed by atoms with Crippen molar-refractivity contribution in [3.8, 4) is 11.5 Å². The van der Waals surface area contributed by atoms with E-state index < -0.39 is 0 Å². The molecule has 154 valence electrons. The monoisotopic (exact) mass is 399 g/mol. The van der Waals surface area contributed by atoms with Crippen molar-refractivity contribution in [2.75, 3.05) is 37.0 Å². The lowest BCUT2D eigenvalue weighted by Gasteiger charge is -2.22. The maximum atomic E-state index is 12.1. The van der Waals surface area contributed by atoms with Crippen LogP contribution in [0, 0.1) is 0 Å². The fourth-order valence-electron chi connectivity index (χ4n) is 2.66. The lowest BCUT2D eigenvalue weighted by Crippen LogP contribution is -2.39. The Labute approximate surface area is 169 Å². The van der Waals surface area contributed by atoms with Gasteiger partial charge in [0, 0.05) is 38.3 Å². The van der Waals surface area contributed by atoms with Gasteiger partial charge in [0.05, 0.1) is 7.11 Å². The first-order chi connectivity index (χ1) is 13.9. The molecular weight excluding hydrogens is 374 g/mol. The van der Waals surface area contributed by atoms with Gasteiger partial charge in [-0.05, 0) is 30.3 Å². The number of rotatable bonds is 9. The molecule has 8 heteroatoms. The van der Waals surface area contributed by atoms with E-state index in [1.54, 1.807) is 42.5 Å². The zero-order chi connectivity index (χ0) is 21.2. The summed E-state index contributed by atoms with van der Waals surface area (Å²) in [4.78, 5) is 36.8. The number of hydrogen-bond acceptors (Lipinski definition) is 5. The second-order valence-corrected chi connectivity index (χ2v) is 6.19. The molecule has 0 heterocycles. The maximum absolute atomic E-state index is 12.1. The summed E-state index contributed by atoms with van der Waals surface area (Å²) in [5.41, 5.74) is 1.22. The van der Waals surface area contributed by atoms with E-state index in [4.69, 9.17) is 9.47 Å². The average molecular weight is 399 g/mol. The van der Waals surface area contributed by atoms with Crippen molar-refractivity contribution in [3.05, 3.63) is 48.5 Å². The predicted molar refractivity (Wildman–Crippen MR) is 110 cm³/mol. The van der Waals surface area contributed by atoms with Crippen LogP contribution in [0.25, 0.3) is 0 Å². The number of carbonyl (C=O) groups is 3. The van der Waals surface area contributed by atoms with Crippen LogP contribution in [-0.4, -0.2) is 44.5 Å². The predicted octanol–water partition coefficient (Wildman–Crippen LogP) is 2.20. The smallest absolute Gasteiger partial charge is 0.258 e. The molecule has 29 heavy (non-hydrogen) atoms. The summed E-state index contributed by atoms with van der Waals surface area (Å²) in [6, 6.07) is 14.0. The molecule has 2 aromatic carbocycles. The molecule has 0 unspecified atom stereocenters. The number of carbonyl (C=O) groups excluding carboxylic acids is 3. The molecule has 0 saturated carbocycles. The summed E-state index contributed by atoms with van der Waals surface area (Å²) in [6.07, 6.45) is 0. The Kier molecular flexibility index (Phi) is 8.02. The van der Waals surface area contributed by atoms with Gasteiger partial charge in [0.25, 0.3) is 5.91 Å². The highest BCUT2D eigenvalue weighted by Crippen LogP contribution is 2.25. The first-order valence-electron chi connectivity index (χ1n) is 9.09. The van der Waals surface area contributed by atoms with Gasteiger partial charge in [-0.1, -0.05) is 18.2 Å². The topological polar surface area (TPSA) is 97.0 Å².